The van der Waals surface area contributed by atoms with E-state index < -0.39 is 97.5 Å². The molecule has 88 heavy (non-hydrogen) atoms. The molecule has 19 heteroatoms. The quantitative estimate of drug-likeness (QED) is 0.0222. The minimum Gasteiger partial charge on any atom is -0.462 e. The smallest absolute Gasteiger partial charge is 0.462 e. The van der Waals surface area contributed by atoms with Crippen LogP contribution in [-0.4, -0.2) is 96.7 Å². The van der Waals surface area contributed by atoms with Crippen molar-refractivity contribution in [1.29, 1.82) is 0 Å². The number of unbranched alkanes of at least 4 members (excludes halogenated alkanes) is 38. The average Bonchev–Trinajstić information content (AvgIpc) is 3.64. The summed E-state index contributed by atoms with van der Waals surface area (Å²) < 4.78 is 68.2. The van der Waals surface area contributed by atoms with E-state index in [0.29, 0.717) is 25.7 Å². The maximum absolute atomic E-state index is 13.0. The number of carbonyl (C=O) groups is 4. The minimum atomic E-state index is -4.95. The number of ether oxygens (including phenoxy) is 4. The van der Waals surface area contributed by atoms with Crippen molar-refractivity contribution in [2.75, 3.05) is 39.6 Å². The Labute approximate surface area is 537 Å². The summed E-state index contributed by atoms with van der Waals surface area (Å²) in [5, 5.41) is 10.6. The van der Waals surface area contributed by atoms with Gasteiger partial charge in [-0.15, -0.1) is 0 Å². The number of phosphoric acid groups is 2. The number of phosphoric ester groups is 2. The molecule has 0 fully saturated rings. The van der Waals surface area contributed by atoms with E-state index in [1.54, 1.807) is 0 Å². The van der Waals surface area contributed by atoms with Gasteiger partial charge in [0.1, 0.15) is 19.3 Å². The van der Waals surface area contributed by atoms with E-state index in [0.717, 1.165) is 102 Å². The van der Waals surface area contributed by atoms with Crippen LogP contribution in [0.25, 0.3) is 0 Å². The highest BCUT2D eigenvalue weighted by molar-refractivity contribution is 7.47. The molecular formula is C69H134O17P2. The van der Waals surface area contributed by atoms with E-state index >= 15 is 0 Å². The molecule has 0 heterocycles. The first-order valence-electron chi connectivity index (χ1n) is 36.0. The van der Waals surface area contributed by atoms with Gasteiger partial charge >= 0.3 is 39.5 Å². The molecule has 17 nitrogen and oxygen atoms in total. The van der Waals surface area contributed by atoms with E-state index in [-0.39, 0.29) is 25.7 Å². The molecule has 0 aromatic carbocycles. The molecule has 0 bridgehead atoms. The van der Waals surface area contributed by atoms with Crippen molar-refractivity contribution in [3.63, 3.8) is 0 Å². The normalized spacial score (nSPS) is 14.2. The number of hydrogen-bond donors (Lipinski definition) is 3. The Hall–Kier alpha value is -1.94. The van der Waals surface area contributed by atoms with E-state index in [1.165, 1.54) is 167 Å². The zero-order valence-corrected chi connectivity index (χ0v) is 58.8. The van der Waals surface area contributed by atoms with Gasteiger partial charge in [0.15, 0.2) is 12.2 Å². The van der Waals surface area contributed by atoms with Gasteiger partial charge in [-0.2, -0.15) is 0 Å². The molecule has 0 radical (unpaired) electrons. The molecule has 0 aromatic rings. The molecular weight excluding hydrogens is 1160 g/mol. The van der Waals surface area contributed by atoms with E-state index in [1.807, 2.05) is 0 Å². The number of rotatable bonds is 68. The number of aliphatic hydroxyl groups excluding tert-OH is 1. The van der Waals surface area contributed by atoms with Crippen LogP contribution < -0.4 is 0 Å². The van der Waals surface area contributed by atoms with Gasteiger partial charge in [-0.05, 0) is 37.5 Å². The fourth-order valence-electron chi connectivity index (χ4n) is 10.4. The lowest BCUT2D eigenvalue weighted by Crippen LogP contribution is -2.30. The number of esters is 4. The lowest BCUT2D eigenvalue weighted by atomic mass is 10.0. The van der Waals surface area contributed by atoms with Gasteiger partial charge in [-0.25, -0.2) is 9.13 Å². The minimum absolute atomic E-state index is 0.105. The molecule has 0 aliphatic heterocycles. The van der Waals surface area contributed by atoms with Crippen LogP contribution in [0.2, 0.25) is 0 Å². The van der Waals surface area contributed by atoms with Crippen molar-refractivity contribution < 1.29 is 80.2 Å². The lowest BCUT2D eigenvalue weighted by Gasteiger charge is -2.21. The SMILES string of the molecule is CCCCCCCCCCCCCCCC(=O)OC[C@H](COP(=O)(O)OC[C@@H](O)COP(=O)(O)OC[C@@H](COC(=O)CCCCCCCCCCC)OC(=O)CCCCCCCCCCCC(C)C)OC(=O)CCCCCCCCCCCCCC(C)C. The molecule has 2 unspecified atom stereocenters. The molecule has 0 saturated heterocycles. The topological polar surface area (TPSA) is 237 Å². The molecule has 5 atom stereocenters. The Morgan fingerprint density at radius 3 is 0.773 bits per heavy atom. The number of aliphatic hydroxyl groups is 1. The Bertz CT molecular complexity index is 1720. The first-order valence-corrected chi connectivity index (χ1v) is 39.0. The summed E-state index contributed by atoms with van der Waals surface area (Å²) in [4.78, 5) is 72.5. The van der Waals surface area contributed by atoms with E-state index in [4.69, 9.17) is 37.0 Å². The highest BCUT2D eigenvalue weighted by Crippen LogP contribution is 2.45. The summed E-state index contributed by atoms with van der Waals surface area (Å²) in [7, 11) is -9.90. The van der Waals surface area contributed by atoms with Crippen LogP contribution >= 0.6 is 15.6 Å². The van der Waals surface area contributed by atoms with E-state index in [9.17, 15) is 43.2 Å². The standard InChI is InChI=1S/C69H134O17P2/c1-7-9-11-13-15-17-18-19-22-28-34-40-46-52-67(72)80-58-65(85-68(73)53-47-41-35-29-23-20-21-26-31-37-43-49-61(3)4)60-84-88(77,78)82-56-63(70)55-81-87(75,76)83-59-64(57-79-66(71)51-45-39-33-25-16-14-12-10-8-2)86-69(74)54-48-42-36-30-24-27-32-38-44-50-62(5)6/h61-65,70H,7-60H2,1-6H3,(H,75,76)(H,77,78)/t63-,64+,65+/m0/s1. The van der Waals surface area contributed by atoms with Gasteiger partial charge in [-0.3, -0.25) is 37.3 Å². The first kappa shape index (κ1) is 86.1. The zero-order chi connectivity index (χ0) is 65.0. The number of hydrogen-bond acceptors (Lipinski definition) is 15. The third-order valence-corrected chi connectivity index (χ3v) is 17.9. The third-order valence-electron chi connectivity index (χ3n) is 16.0. The molecule has 0 spiro atoms. The second kappa shape index (κ2) is 61.3. The lowest BCUT2D eigenvalue weighted by molar-refractivity contribution is -0.161. The summed E-state index contributed by atoms with van der Waals surface area (Å²) in [6.45, 7) is 9.51. The van der Waals surface area contributed by atoms with Crippen molar-refractivity contribution in [3.8, 4) is 0 Å². The molecule has 0 amide bonds. The maximum atomic E-state index is 13.0. The van der Waals surface area contributed by atoms with Crippen LogP contribution in [0, 0.1) is 11.8 Å². The summed E-state index contributed by atoms with van der Waals surface area (Å²) in [6.07, 6.45) is 45.7. The van der Waals surface area contributed by atoms with Crippen molar-refractivity contribution in [2.24, 2.45) is 11.8 Å². The van der Waals surface area contributed by atoms with Crippen LogP contribution in [0.5, 0.6) is 0 Å². The maximum Gasteiger partial charge on any atom is 0.472 e. The predicted octanol–water partition coefficient (Wildman–Crippen LogP) is 19.6. The molecule has 0 aliphatic carbocycles. The zero-order valence-electron chi connectivity index (χ0n) is 57.0. The van der Waals surface area contributed by atoms with Gasteiger partial charge in [0.2, 0.25) is 0 Å². The molecule has 0 rings (SSSR count). The van der Waals surface area contributed by atoms with Crippen molar-refractivity contribution in [3.05, 3.63) is 0 Å². The monoisotopic (exact) mass is 1300 g/mol. The first-order chi connectivity index (χ1) is 42.4. The predicted molar refractivity (Wildman–Crippen MR) is 354 cm³/mol. The molecule has 0 aromatic heterocycles. The fourth-order valence-corrected chi connectivity index (χ4v) is 12.0. The van der Waals surface area contributed by atoms with Gasteiger partial charge in [0.25, 0.3) is 0 Å². The van der Waals surface area contributed by atoms with Gasteiger partial charge < -0.3 is 33.8 Å². The molecule has 0 saturated carbocycles. The van der Waals surface area contributed by atoms with Gasteiger partial charge in [-0.1, -0.05) is 298 Å². The highest BCUT2D eigenvalue weighted by Gasteiger charge is 2.30. The Balaban J connectivity index is 5.24. The average molecular weight is 1300 g/mol. The van der Waals surface area contributed by atoms with Crippen LogP contribution in [0.1, 0.15) is 350 Å². The summed E-state index contributed by atoms with van der Waals surface area (Å²) in [6, 6.07) is 0. The largest absolute Gasteiger partial charge is 0.472 e. The second-order valence-corrected chi connectivity index (χ2v) is 28.8. The van der Waals surface area contributed by atoms with Crippen molar-refractivity contribution >= 4 is 39.5 Å². The van der Waals surface area contributed by atoms with Crippen LogP contribution in [0.15, 0.2) is 0 Å². The van der Waals surface area contributed by atoms with Crippen LogP contribution in [0.3, 0.4) is 0 Å². The van der Waals surface area contributed by atoms with Gasteiger partial charge in [0, 0.05) is 25.7 Å². The van der Waals surface area contributed by atoms with Crippen molar-refractivity contribution in [2.45, 2.75) is 368 Å². The fraction of sp³-hybridized carbons (Fsp3) is 0.942. The Morgan fingerprint density at radius 1 is 0.307 bits per heavy atom. The van der Waals surface area contributed by atoms with Crippen molar-refractivity contribution in [1.82, 2.24) is 0 Å². The molecule has 3 N–H and O–H groups in total. The summed E-state index contributed by atoms with van der Waals surface area (Å²) in [5.74, 6) is -0.624. The number of carbonyl (C=O) groups excluding carboxylic acids is 4. The van der Waals surface area contributed by atoms with Gasteiger partial charge in [0.05, 0.1) is 26.4 Å². The molecule has 0 aliphatic rings. The highest BCUT2D eigenvalue weighted by atomic mass is 31.2. The summed E-state index contributed by atoms with van der Waals surface area (Å²) >= 11 is 0. The third kappa shape index (κ3) is 62.8. The second-order valence-electron chi connectivity index (χ2n) is 25.9. The van der Waals surface area contributed by atoms with Crippen LogP contribution in [-0.2, 0) is 65.4 Å². The molecule has 522 valence electrons. The van der Waals surface area contributed by atoms with Crippen LogP contribution in [0.4, 0.5) is 0 Å². The Kier molecular flexibility index (Phi) is 59.9. The summed E-state index contributed by atoms with van der Waals surface area (Å²) in [5.41, 5.74) is 0. The van der Waals surface area contributed by atoms with E-state index in [2.05, 4.69) is 41.5 Å². The Morgan fingerprint density at radius 2 is 0.523 bits per heavy atom.